The molecule has 0 atom stereocenters. The molecule has 0 saturated carbocycles. The van der Waals surface area contributed by atoms with Crippen LogP contribution in [-0.2, 0) is 17.9 Å². The molecule has 3 aromatic heterocycles. The van der Waals surface area contributed by atoms with Crippen molar-refractivity contribution in [3.8, 4) is 11.1 Å². The minimum absolute atomic E-state index is 0.0294. The topological polar surface area (TPSA) is 77.6 Å². The molecule has 0 radical (unpaired) electrons. The van der Waals surface area contributed by atoms with Crippen LogP contribution in [0, 0.1) is 6.92 Å². The van der Waals surface area contributed by atoms with Gasteiger partial charge < -0.3 is 5.32 Å². The number of amides is 1. The summed E-state index contributed by atoms with van der Waals surface area (Å²) in [6.45, 7) is 2.56. The molecule has 1 N–H and O–H groups in total. The van der Waals surface area contributed by atoms with Crippen molar-refractivity contribution in [2.24, 2.45) is 0 Å². The van der Waals surface area contributed by atoms with E-state index in [-0.39, 0.29) is 12.5 Å². The van der Waals surface area contributed by atoms with E-state index < -0.39 is 0 Å². The van der Waals surface area contributed by atoms with Gasteiger partial charge in [-0.2, -0.15) is 10.2 Å². The molecule has 0 spiro atoms. The normalized spacial score (nSPS) is 11.1. The van der Waals surface area contributed by atoms with Crippen LogP contribution in [0.15, 0.2) is 82.0 Å². The number of nitrogens with one attached hydrogen (secondary N) is 1. The van der Waals surface area contributed by atoms with Gasteiger partial charge in [0.2, 0.25) is 5.91 Å². The molecule has 7 nitrogen and oxygen atoms in total. The van der Waals surface area contributed by atoms with E-state index in [1.807, 2.05) is 61.7 Å². The zero-order valence-electron chi connectivity index (χ0n) is 18.2. The van der Waals surface area contributed by atoms with E-state index in [1.54, 1.807) is 15.6 Å². The van der Waals surface area contributed by atoms with Crippen molar-refractivity contribution in [3.63, 3.8) is 0 Å². The molecule has 0 saturated heterocycles. The minimum Gasteiger partial charge on any atom is -0.307 e. The molecule has 1 amide bonds. The van der Waals surface area contributed by atoms with Gasteiger partial charge in [-0.05, 0) is 57.7 Å². The summed E-state index contributed by atoms with van der Waals surface area (Å²) in [6, 6.07) is 20.1. The Labute approximate surface area is 213 Å². The number of rotatable bonds is 6. The van der Waals surface area contributed by atoms with Crippen molar-refractivity contribution in [3.05, 3.63) is 93.3 Å². The first kappa shape index (κ1) is 22.5. The maximum Gasteiger partial charge on any atom is 0.247 e. The van der Waals surface area contributed by atoms with E-state index in [0.29, 0.717) is 22.5 Å². The fourth-order valence-corrected chi connectivity index (χ4v) is 4.58. The molecule has 5 rings (SSSR count). The van der Waals surface area contributed by atoms with Gasteiger partial charge in [0.1, 0.15) is 6.54 Å². The first-order valence-electron chi connectivity index (χ1n) is 10.6. The third kappa shape index (κ3) is 4.67. The number of carbonyl (C=O) groups excluding carboxylic acids is 1. The van der Waals surface area contributed by atoms with Gasteiger partial charge in [-0.15, -0.1) is 0 Å². The molecule has 0 bridgehead atoms. The van der Waals surface area contributed by atoms with Crippen molar-refractivity contribution >= 4 is 54.6 Å². The van der Waals surface area contributed by atoms with Crippen LogP contribution in [0.5, 0.6) is 0 Å². The predicted molar refractivity (Wildman–Crippen MR) is 140 cm³/mol. The van der Waals surface area contributed by atoms with Crippen LogP contribution in [0.4, 0.5) is 5.82 Å². The van der Waals surface area contributed by atoms with Gasteiger partial charge >= 0.3 is 0 Å². The number of halogens is 2. The van der Waals surface area contributed by atoms with E-state index in [0.717, 1.165) is 32.2 Å². The van der Waals surface area contributed by atoms with E-state index in [4.69, 9.17) is 0 Å². The maximum absolute atomic E-state index is 12.9. The number of hydrogen-bond acceptors (Lipinski definition) is 4. The highest BCUT2D eigenvalue weighted by molar-refractivity contribution is 9.10. The Morgan fingerprint density at radius 1 is 1.00 bits per heavy atom. The highest BCUT2D eigenvalue weighted by atomic mass is 79.9. The highest BCUT2D eigenvalue weighted by Gasteiger charge is 2.17. The number of fused-ring (bicyclic) bond motifs is 1. The SMILES string of the molecule is Cc1nn(CC(=O)Nc2nn(Cc3ccc(Br)cc3)cc2Br)c2nccc(-c3ccccc3)c12. The quantitative estimate of drug-likeness (QED) is 0.275. The van der Waals surface area contributed by atoms with Crippen LogP contribution < -0.4 is 5.32 Å². The number of anilines is 1. The molecule has 9 heteroatoms. The summed E-state index contributed by atoms with van der Waals surface area (Å²) in [5.74, 6) is 0.235. The average molecular weight is 580 g/mol. The standard InChI is InChI=1S/C25H20Br2N6O/c1-16-23-20(18-5-3-2-4-6-18)11-12-28-25(23)33(30-16)15-22(34)29-24-21(27)14-32(31-24)13-17-7-9-19(26)10-8-17/h2-12,14H,13,15H2,1H3,(H,29,31,34). The van der Waals surface area contributed by atoms with Crippen LogP contribution in [-0.4, -0.2) is 30.5 Å². The molecule has 0 aliphatic carbocycles. The van der Waals surface area contributed by atoms with Crippen LogP contribution in [0.25, 0.3) is 22.2 Å². The van der Waals surface area contributed by atoms with Crippen molar-refractivity contribution < 1.29 is 4.79 Å². The van der Waals surface area contributed by atoms with E-state index >= 15 is 0 Å². The molecule has 0 aliphatic heterocycles. The number of aromatic nitrogens is 5. The molecular weight excluding hydrogens is 560 g/mol. The Kier molecular flexibility index (Phi) is 6.30. The van der Waals surface area contributed by atoms with Gasteiger partial charge in [-0.1, -0.05) is 58.4 Å². The van der Waals surface area contributed by atoms with E-state index in [1.165, 1.54) is 0 Å². The lowest BCUT2D eigenvalue weighted by Gasteiger charge is -2.06. The van der Waals surface area contributed by atoms with Crippen LogP contribution in [0.2, 0.25) is 0 Å². The summed E-state index contributed by atoms with van der Waals surface area (Å²) in [5.41, 5.74) is 4.74. The van der Waals surface area contributed by atoms with Crippen LogP contribution >= 0.6 is 31.9 Å². The number of benzene rings is 2. The first-order chi connectivity index (χ1) is 16.5. The molecule has 0 fully saturated rings. The Morgan fingerprint density at radius 3 is 2.53 bits per heavy atom. The smallest absolute Gasteiger partial charge is 0.247 e. The Hall–Kier alpha value is -3.30. The zero-order chi connectivity index (χ0) is 23.7. The second kappa shape index (κ2) is 9.52. The van der Waals surface area contributed by atoms with Gasteiger partial charge in [0.15, 0.2) is 11.5 Å². The van der Waals surface area contributed by atoms with Gasteiger partial charge in [0.25, 0.3) is 0 Å². The third-order valence-electron chi connectivity index (χ3n) is 5.42. The molecular formula is C25H20Br2N6O. The molecule has 5 aromatic rings. The molecule has 0 aliphatic rings. The van der Waals surface area contributed by atoms with Crippen LogP contribution in [0.1, 0.15) is 11.3 Å². The van der Waals surface area contributed by atoms with Gasteiger partial charge in [-0.25, -0.2) is 9.67 Å². The monoisotopic (exact) mass is 578 g/mol. The van der Waals surface area contributed by atoms with Crippen LogP contribution in [0.3, 0.4) is 0 Å². The lowest BCUT2D eigenvalue weighted by molar-refractivity contribution is -0.116. The second-order valence-corrected chi connectivity index (χ2v) is 9.63. The Balaban J connectivity index is 1.35. The molecule has 170 valence electrons. The lowest BCUT2D eigenvalue weighted by Crippen LogP contribution is -2.20. The Bertz CT molecular complexity index is 1480. The first-order valence-corrected chi connectivity index (χ1v) is 12.2. The number of pyridine rings is 1. The average Bonchev–Trinajstić information content (AvgIpc) is 3.34. The summed E-state index contributed by atoms with van der Waals surface area (Å²) < 4.78 is 5.16. The second-order valence-electron chi connectivity index (χ2n) is 7.86. The Morgan fingerprint density at radius 2 is 1.76 bits per heavy atom. The summed E-state index contributed by atoms with van der Waals surface area (Å²) in [5, 5.41) is 12.9. The van der Waals surface area contributed by atoms with Gasteiger partial charge in [0, 0.05) is 22.3 Å². The number of hydrogen-bond donors (Lipinski definition) is 1. The highest BCUT2D eigenvalue weighted by Crippen LogP contribution is 2.29. The molecule has 34 heavy (non-hydrogen) atoms. The summed E-state index contributed by atoms with van der Waals surface area (Å²) in [4.78, 5) is 17.4. The predicted octanol–water partition coefficient (Wildman–Crippen LogP) is 5.82. The van der Waals surface area contributed by atoms with Crippen molar-refractivity contribution in [2.75, 3.05) is 5.32 Å². The van der Waals surface area contributed by atoms with Gasteiger partial charge in [-0.3, -0.25) is 9.48 Å². The number of nitrogens with zero attached hydrogens (tertiary/aromatic N) is 5. The fourth-order valence-electron chi connectivity index (χ4n) is 3.90. The molecule has 0 unspecified atom stereocenters. The van der Waals surface area contributed by atoms with Crippen molar-refractivity contribution in [1.29, 1.82) is 0 Å². The molecule has 3 heterocycles. The zero-order valence-corrected chi connectivity index (χ0v) is 21.4. The fraction of sp³-hybridized carbons (Fsp3) is 0.120. The third-order valence-corrected chi connectivity index (χ3v) is 6.53. The van der Waals surface area contributed by atoms with Gasteiger partial charge in [0.05, 0.1) is 16.7 Å². The number of aryl methyl sites for hydroxylation is 1. The van der Waals surface area contributed by atoms with E-state index in [2.05, 4.69) is 64.5 Å². The number of carbonyl (C=O) groups is 1. The molecule has 2 aromatic carbocycles. The lowest BCUT2D eigenvalue weighted by atomic mass is 10.0. The summed E-state index contributed by atoms with van der Waals surface area (Å²) in [7, 11) is 0. The largest absolute Gasteiger partial charge is 0.307 e. The summed E-state index contributed by atoms with van der Waals surface area (Å²) >= 11 is 6.94. The van der Waals surface area contributed by atoms with Crippen molar-refractivity contribution in [1.82, 2.24) is 24.5 Å². The van der Waals surface area contributed by atoms with E-state index in [9.17, 15) is 4.79 Å². The van der Waals surface area contributed by atoms with Crippen molar-refractivity contribution in [2.45, 2.75) is 20.0 Å². The summed E-state index contributed by atoms with van der Waals surface area (Å²) in [6.07, 6.45) is 3.60. The maximum atomic E-state index is 12.9. The minimum atomic E-state index is -0.231.